The first-order valence-corrected chi connectivity index (χ1v) is 15.3. The van der Waals surface area contributed by atoms with E-state index in [1.54, 1.807) is 0 Å². The Morgan fingerprint density at radius 3 is 1.70 bits per heavy atom. The van der Waals surface area contributed by atoms with E-state index in [4.69, 9.17) is 9.05 Å². The van der Waals surface area contributed by atoms with Crippen LogP contribution in [0.4, 0.5) is 0 Å². The van der Waals surface area contributed by atoms with E-state index in [0.29, 0.717) is 19.4 Å². The maximum absolute atomic E-state index is 13.1. The van der Waals surface area contributed by atoms with Crippen LogP contribution in [-0.4, -0.2) is 19.4 Å². The Hall–Kier alpha value is 0.150. The molecule has 0 radical (unpaired) electrons. The molecule has 0 bridgehead atoms. The summed E-state index contributed by atoms with van der Waals surface area (Å²) in [6, 6.07) is 0. The minimum atomic E-state index is -2.89. The molecule has 1 fully saturated rings. The first-order chi connectivity index (χ1) is 14.7. The third-order valence-corrected chi connectivity index (χ3v) is 8.63. The molecule has 0 spiro atoms. The third kappa shape index (κ3) is 15.9. The molecule has 4 heteroatoms. The summed E-state index contributed by atoms with van der Waals surface area (Å²) in [5.41, 5.74) is 0. The largest absolute Gasteiger partial charge is 0.330 e. The van der Waals surface area contributed by atoms with Crippen molar-refractivity contribution in [2.75, 3.05) is 19.4 Å². The van der Waals surface area contributed by atoms with Crippen LogP contribution >= 0.6 is 7.60 Å². The molecule has 0 heterocycles. The van der Waals surface area contributed by atoms with Crippen LogP contribution in [0.25, 0.3) is 0 Å². The van der Waals surface area contributed by atoms with E-state index in [9.17, 15) is 4.57 Å². The first-order valence-electron chi connectivity index (χ1n) is 13.6. The van der Waals surface area contributed by atoms with Crippen molar-refractivity contribution in [2.24, 2.45) is 5.92 Å². The summed E-state index contributed by atoms with van der Waals surface area (Å²) in [7, 11) is -2.89. The first kappa shape index (κ1) is 28.2. The van der Waals surface area contributed by atoms with Crippen molar-refractivity contribution in [3.63, 3.8) is 0 Å². The van der Waals surface area contributed by atoms with E-state index in [2.05, 4.69) is 13.8 Å². The Balaban J connectivity index is 2.03. The van der Waals surface area contributed by atoms with Gasteiger partial charge < -0.3 is 9.05 Å². The summed E-state index contributed by atoms with van der Waals surface area (Å²) < 4.78 is 24.8. The van der Waals surface area contributed by atoms with Gasteiger partial charge in [0.25, 0.3) is 0 Å². The van der Waals surface area contributed by atoms with Crippen LogP contribution in [0.3, 0.4) is 0 Å². The van der Waals surface area contributed by atoms with Gasteiger partial charge in [-0.1, -0.05) is 123 Å². The van der Waals surface area contributed by atoms with Gasteiger partial charge in [0, 0.05) is 0 Å². The maximum atomic E-state index is 13.1. The SMILES string of the molecule is CCCCCCCCCCCCCCOP(=O)(CCCC)OCCC1CCCCC1. The fourth-order valence-corrected chi connectivity index (χ4v) is 6.33. The van der Waals surface area contributed by atoms with Gasteiger partial charge >= 0.3 is 7.60 Å². The Morgan fingerprint density at radius 1 is 0.633 bits per heavy atom. The molecule has 0 aromatic heterocycles. The fraction of sp³-hybridized carbons (Fsp3) is 1.00. The smallest absolute Gasteiger partial charge is 0.309 e. The van der Waals surface area contributed by atoms with Crippen molar-refractivity contribution in [1.82, 2.24) is 0 Å². The molecule has 1 aliphatic carbocycles. The summed E-state index contributed by atoms with van der Waals surface area (Å²) in [5, 5.41) is 0. The summed E-state index contributed by atoms with van der Waals surface area (Å²) >= 11 is 0. The molecule has 1 rings (SSSR count). The molecule has 1 saturated carbocycles. The minimum absolute atomic E-state index is 0.590. The molecule has 1 atom stereocenters. The van der Waals surface area contributed by atoms with Crippen LogP contribution in [0.2, 0.25) is 0 Å². The number of hydrogen-bond donors (Lipinski definition) is 0. The average Bonchev–Trinajstić information content (AvgIpc) is 2.76. The van der Waals surface area contributed by atoms with Crippen molar-refractivity contribution >= 4 is 7.60 Å². The molecule has 0 amide bonds. The van der Waals surface area contributed by atoms with E-state index < -0.39 is 7.60 Å². The Kier molecular flexibility index (Phi) is 18.6. The lowest BCUT2D eigenvalue weighted by molar-refractivity contribution is 0.182. The molecule has 3 nitrogen and oxygen atoms in total. The van der Waals surface area contributed by atoms with Crippen LogP contribution in [0, 0.1) is 5.92 Å². The molecule has 30 heavy (non-hydrogen) atoms. The molecule has 0 saturated heterocycles. The van der Waals surface area contributed by atoms with Crippen molar-refractivity contribution in [3.8, 4) is 0 Å². The Labute approximate surface area is 189 Å². The molecule has 0 aliphatic heterocycles. The van der Waals surface area contributed by atoms with Gasteiger partial charge in [0.15, 0.2) is 0 Å². The zero-order valence-electron chi connectivity index (χ0n) is 20.5. The normalized spacial score (nSPS) is 17.3. The van der Waals surface area contributed by atoms with Crippen LogP contribution in [-0.2, 0) is 13.6 Å². The van der Waals surface area contributed by atoms with Crippen LogP contribution in [0.1, 0.15) is 142 Å². The summed E-state index contributed by atoms with van der Waals surface area (Å²) in [5.74, 6) is 0.773. The van der Waals surface area contributed by atoms with Crippen molar-refractivity contribution in [2.45, 2.75) is 142 Å². The Morgan fingerprint density at radius 2 is 1.13 bits per heavy atom. The van der Waals surface area contributed by atoms with Gasteiger partial charge in [-0.3, -0.25) is 4.57 Å². The maximum Gasteiger partial charge on any atom is 0.330 e. The zero-order valence-corrected chi connectivity index (χ0v) is 21.4. The van der Waals surface area contributed by atoms with Gasteiger partial charge in [0.1, 0.15) is 0 Å². The summed E-state index contributed by atoms with van der Waals surface area (Å²) in [4.78, 5) is 0. The predicted molar refractivity (Wildman–Crippen MR) is 132 cm³/mol. The van der Waals surface area contributed by atoms with E-state index in [-0.39, 0.29) is 0 Å². The van der Waals surface area contributed by atoms with Gasteiger partial charge in [0.2, 0.25) is 0 Å². The molecule has 0 aromatic carbocycles. The van der Waals surface area contributed by atoms with Crippen LogP contribution < -0.4 is 0 Å². The van der Waals surface area contributed by atoms with E-state index in [1.165, 1.54) is 103 Å². The summed E-state index contributed by atoms with van der Waals surface area (Å²) in [6.07, 6.45) is 26.3. The van der Waals surface area contributed by atoms with E-state index >= 15 is 0 Å². The molecular weight excluding hydrogens is 391 g/mol. The van der Waals surface area contributed by atoms with Crippen molar-refractivity contribution in [1.29, 1.82) is 0 Å². The molecule has 1 unspecified atom stereocenters. The summed E-state index contributed by atoms with van der Waals surface area (Å²) in [6.45, 7) is 5.63. The van der Waals surface area contributed by atoms with Crippen LogP contribution in [0.5, 0.6) is 0 Å². The standard InChI is InChI=1S/C26H53O3P/c1-3-5-7-8-9-10-11-12-13-14-15-19-23-28-30(27,25-6-4-2)29-24-22-26-20-17-16-18-21-26/h26H,3-25H2,1-2H3. The van der Waals surface area contributed by atoms with Crippen molar-refractivity contribution < 1.29 is 13.6 Å². The average molecular weight is 445 g/mol. The highest BCUT2D eigenvalue weighted by Crippen LogP contribution is 2.49. The third-order valence-electron chi connectivity index (χ3n) is 6.61. The van der Waals surface area contributed by atoms with E-state index in [0.717, 1.165) is 31.6 Å². The second-order valence-corrected chi connectivity index (χ2v) is 11.7. The molecule has 0 N–H and O–H groups in total. The second kappa shape index (κ2) is 19.8. The zero-order chi connectivity index (χ0) is 21.8. The number of hydrogen-bond acceptors (Lipinski definition) is 3. The van der Waals surface area contributed by atoms with Gasteiger partial charge in [-0.05, 0) is 25.2 Å². The van der Waals surface area contributed by atoms with Gasteiger partial charge in [0.05, 0.1) is 19.4 Å². The predicted octanol–water partition coefficient (Wildman–Crippen LogP) is 9.68. The van der Waals surface area contributed by atoms with Gasteiger partial charge in [-0.25, -0.2) is 0 Å². The van der Waals surface area contributed by atoms with Gasteiger partial charge in [-0.2, -0.15) is 0 Å². The quantitative estimate of drug-likeness (QED) is 0.130. The fourth-order valence-electron chi connectivity index (χ4n) is 4.50. The van der Waals surface area contributed by atoms with Crippen molar-refractivity contribution in [3.05, 3.63) is 0 Å². The number of unbranched alkanes of at least 4 members (excludes halogenated alkanes) is 12. The lowest BCUT2D eigenvalue weighted by Crippen LogP contribution is -2.10. The molecular formula is C26H53O3P. The monoisotopic (exact) mass is 444 g/mol. The lowest BCUT2D eigenvalue weighted by atomic mass is 9.87. The van der Waals surface area contributed by atoms with Crippen LogP contribution in [0.15, 0.2) is 0 Å². The lowest BCUT2D eigenvalue weighted by Gasteiger charge is -2.23. The highest BCUT2D eigenvalue weighted by atomic mass is 31.2. The van der Waals surface area contributed by atoms with Gasteiger partial charge in [-0.15, -0.1) is 0 Å². The highest BCUT2D eigenvalue weighted by molar-refractivity contribution is 7.53. The molecule has 180 valence electrons. The molecule has 0 aromatic rings. The minimum Gasteiger partial charge on any atom is -0.309 e. The second-order valence-electron chi connectivity index (χ2n) is 9.54. The highest BCUT2D eigenvalue weighted by Gasteiger charge is 2.24. The van der Waals surface area contributed by atoms with E-state index in [1.807, 2.05) is 0 Å². The molecule has 1 aliphatic rings. The number of rotatable bonds is 21. The Bertz CT molecular complexity index is 407. The topological polar surface area (TPSA) is 35.5 Å².